The van der Waals surface area contributed by atoms with Crippen LogP contribution in [0.2, 0.25) is 0 Å². The Morgan fingerprint density at radius 2 is 1.71 bits per heavy atom. The summed E-state index contributed by atoms with van der Waals surface area (Å²) in [6.45, 7) is 10.8. The molecule has 0 radical (unpaired) electrons. The minimum absolute atomic E-state index is 0.112. The number of benzene rings is 1. The van der Waals surface area contributed by atoms with Crippen molar-refractivity contribution in [2.75, 3.05) is 19.8 Å². The minimum Gasteiger partial charge on any atom is -0.491 e. The van der Waals surface area contributed by atoms with E-state index in [1.165, 1.54) is 5.56 Å². The van der Waals surface area contributed by atoms with Crippen LogP contribution in [0.25, 0.3) is 0 Å². The van der Waals surface area contributed by atoms with Crippen molar-refractivity contribution in [2.45, 2.75) is 39.5 Å². The van der Waals surface area contributed by atoms with Gasteiger partial charge in [-0.05, 0) is 23.5 Å². The fraction of sp³-hybridized carbons (Fsp3) is 0.600. The summed E-state index contributed by atoms with van der Waals surface area (Å²) in [5.41, 5.74) is 1.36. The van der Waals surface area contributed by atoms with E-state index in [1.54, 1.807) is 0 Å². The summed E-state index contributed by atoms with van der Waals surface area (Å²) in [7, 11) is 0. The minimum atomic E-state index is 0.112. The lowest BCUT2D eigenvalue weighted by atomic mass is 9.86. The molecule has 0 N–H and O–H groups in total. The van der Waals surface area contributed by atoms with Crippen molar-refractivity contribution < 1.29 is 9.47 Å². The predicted molar refractivity (Wildman–Crippen MR) is 71.7 cm³/mol. The molecule has 0 spiro atoms. The summed E-state index contributed by atoms with van der Waals surface area (Å²) in [4.78, 5) is 0. The summed E-state index contributed by atoms with van der Waals surface area (Å²) >= 11 is 0. The van der Waals surface area contributed by atoms with Gasteiger partial charge in [-0.1, -0.05) is 45.9 Å². The van der Waals surface area contributed by atoms with Crippen LogP contribution in [0.5, 0.6) is 5.75 Å². The second-order valence-corrected chi connectivity index (χ2v) is 5.21. The molecule has 0 bridgehead atoms. The van der Waals surface area contributed by atoms with E-state index >= 15 is 0 Å². The summed E-state index contributed by atoms with van der Waals surface area (Å²) in [5, 5.41) is 0. The van der Waals surface area contributed by atoms with E-state index in [4.69, 9.17) is 9.47 Å². The third-order valence-electron chi connectivity index (χ3n) is 2.53. The second kappa shape index (κ2) is 6.65. The lowest BCUT2D eigenvalue weighted by Gasteiger charge is -2.22. The molecule has 2 nitrogen and oxygen atoms in total. The number of para-hydroxylation sites is 1. The molecule has 0 heterocycles. The van der Waals surface area contributed by atoms with Crippen molar-refractivity contribution in [3.05, 3.63) is 29.8 Å². The first kappa shape index (κ1) is 14.0. The standard InChI is InChI=1S/C15H24O2/c1-5-10-16-11-12-17-14-9-7-6-8-13(14)15(2,3)4/h6-9H,5,10-12H2,1-4H3. The van der Waals surface area contributed by atoms with Gasteiger partial charge in [0.15, 0.2) is 0 Å². The van der Waals surface area contributed by atoms with Gasteiger partial charge < -0.3 is 9.47 Å². The average molecular weight is 236 g/mol. The van der Waals surface area contributed by atoms with Gasteiger partial charge in [-0.25, -0.2) is 0 Å². The maximum atomic E-state index is 5.79. The summed E-state index contributed by atoms with van der Waals surface area (Å²) in [6, 6.07) is 8.22. The van der Waals surface area contributed by atoms with Crippen LogP contribution in [0.15, 0.2) is 24.3 Å². The Morgan fingerprint density at radius 1 is 1.00 bits per heavy atom. The lowest BCUT2D eigenvalue weighted by Crippen LogP contribution is -2.15. The third kappa shape index (κ3) is 4.78. The second-order valence-electron chi connectivity index (χ2n) is 5.21. The van der Waals surface area contributed by atoms with Gasteiger partial charge in [0.25, 0.3) is 0 Å². The zero-order valence-corrected chi connectivity index (χ0v) is 11.5. The van der Waals surface area contributed by atoms with Crippen molar-refractivity contribution in [3.8, 4) is 5.75 Å². The van der Waals surface area contributed by atoms with Gasteiger partial charge in [0, 0.05) is 6.61 Å². The number of rotatable bonds is 6. The van der Waals surface area contributed by atoms with Crippen LogP contribution < -0.4 is 4.74 Å². The molecule has 0 saturated carbocycles. The van der Waals surface area contributed by atoms with Crippen LogP contribution in [-0.4, -0.2) is 19.8 Å². The molecular formula is C15H24O2. The highest BCUT2D eigenvalue weighted by molar-refractivity contribution is 5.38. The van der Waals surface area contributed by atoms with Crippen LogP contribution in [0, 0.1) is 0 Å². The molecule has 1 aromatic rings. The summed E-state index contributed by atoms with van der Waals surface area (Å²) in [5.74, 6) is 0.972. The maximum absolute atomic E-state index is 5.79. The fourth-order valence-corrected chi connectivity index (χ4v) is 1.67. The Kier molecular flexibility index (Phi) is 5.49. The molecule has 96 valence electrons. The first-order valence-corrected chi connectivity index (χ1v) is 6.35. The van der Waals surface area contributed by atoms with Gasteiger partial charge in [0.1, 0.15) is 12.4 Å². The van der Waals surface area contributed by atoms with E-state index in [-0.39, 0.29) is 5.41 Å². The molecule has 0 aliphatic carbocycles. The predicted octanol–water partition coefficient (Wildman–Crippen LogP) is 3.79. The Bertz CT molecular complexity index is 326. The van der Waals surface area contributed by atoms with Gasteiger partial charge in [0.2, 0.25) is 0 Å². The SMILES string of the molecule is CCCOCCOc1ccccc1C(C)(C)C. The average Bonchev–Trinajstić information content (AvgIpc) is 2.28. The number of ether oxygens (including phenoxy) is 2. The third-order valence-corrected chi connectivity index (χ3v) is 2.53. The first-order chi connectivity index (χ1) is 8.05. The van der Waals surface area contributed by atoms with Crippen LogP contribution in [0.3, 0.4) is 0 Å². The van der Waals surface area contributed by atoms with E-state index in [1.807, 2.05) is 12.1 Å². The van der Waals surface area contributed by atoms with E-state index in [2.05, 4.69) is 39.8 Å². The van der Waals surface area contributed by atoms with Crippen LogP contribution in [0.4, 0.5) is 0 Å². The smallest absolute Gasteiger partial charge is 0.123 e. The van der Waals surface area contributed by atoms with Crippen LogP contribution >= 0.6 is 0 Å². The van der Waals surface area contributed by atoms with Gasteiger partial charge in [-0.3, -0.25) is 0 Å². The normalized spacial score (nSPS) is 11.5. The molecule has 1 rings (SSSR count). The molecular weight excluding hydrogens is 212 g/mol. The van der Waals surface area contributed by atoms with Crippen LogP contribution in [0.1, 0.15) is 39.7 Å². The van der Waals surface area contributed by atoms with Crippen LogP contribution in [-0.2, 0) is 10.2 Å². The molecule has 17 heavy (non-hydrogen) atoms. The topological polar surface area (TPSA) is 18.5 Å². The van der Waals surface area contributed by atoms with Crippen molar-refractivity contribution in [1.82, 2.24) is 0 Å². The Hall–Kier alpha value is -1.02. The molecule has 0 aliphatic rings. The molecule has 0 amide bonds. The van der Waals surface area contributed by atoms with Crippen molar-refractivity contribution in [2.24, 2.45) is 0 Å². The monoisotopic (exact) mass is 236 g/mol. The number of hydrogen-bond acceptors (Lipinski definition) is 2. The van der Waals surface area contributed by atoms with E-state index < -0.39 is 0 Å². The molecule has 0 atom stereocenters. The Morgan fingerprint density at radius 3 is 2.35 bits per heavy atom. The fourth-order valence-electron chi connectivity index (χ4n) is 1.67. The highest BCUT2D eigenvalue weighted by Crippen LogP contribution is 2.30. The quantitative estimate of drug-likeness (QED) is 0.700. The molecule has 0 saturated heterocycles. The van der Waals surface area contributed by atoms with Gasteiger partial charge >= 0.3 is 0 Å². The number of hydrogen-bond donors (Lipinski definition) is 0. The van der Waals surface area contributed by atoms with Crippen molar-refractivity contribution >= 4 is 0 Å². The zero-order chi connectivity index (χ0) is 12.7. The summed E-state index contributed by atoms with van der Waals surface area (Å²) < 4.78 is 11.2. The molecule has 2 heteroatoms. The molecule has 0 fully saturated rings. The molecule has 0 unspecified atom stereocenters. The van der Waals surface area contributed by atoms with E-state index in [0.29, 0.717) is 13.2 Å². The van der Waals surface area contributed by atoms with E-state index in [9.17, 15) is 0 Å². The van der Waals surface area contributed by atoms with Gasteiger partial charge in [0.05, 0.1) is 6.61 Å². The highest BCUT2D eigenvalue weighted by atomic mass is 16.5. The van der Waals surface area contributed by atoms with Crippen molar-refractivity contribution in [3.63, 3.8) is 0 Å². The maximum Gasteiger partial charge on any atom is 0.123 e. The van der Waals surface area contributed by atoms with Crippen molar-refractivity contribution in [1.29, 1.82) is 0 Å². The molecule has 0 aliphatic heterocycles. The largest absolute Gasteiger partial charge is 0.491 e. The first-order valence-electron chi connectivity index (χ1n) is 6.35. The van der Waals surface area contributed by atoms with Gasteiger partial charge in [-0.15, -0.1) is 0 Å². The zero-order valence-electron chi connectivity index (χ0n) is 11.5. The van der Waals surface area contributed by atoms with Gasteiger partial charge in [-0.2, -0.15) is 0 Å². The summed E-state index contributed by atoms with van der Waals surface area (Å²) in [6.07, 6.45) is 1.05. The lowest BCUT2D eigenvalue weighted by molar-refractivity contribution is 0.0999. The Balaban J connectivity index is 2.53. The Labute approximate surface area is 105 Å². The molecule has 1 aromatic carbocycles. The van der Waals surface area contributed by atoms with E-state index in [0.717, 1.165) is 18.8 Å². The molecule has 0 aromatic heterocycles. The highest BCUT2D eigenvalue weighted by Gasteiger charge is 2.18.